The molecule has 3 aromatic carbocycles. The van der Waals surface area contributed by atoms with E-state index in [2.05, 4.69) is 15.0 Å². The molecule has 0 aliphatic carbocycles. The molecule has 152 valence electrons. The van der Waals surface area contributed by atoms with Crippen LogP contribution < -0.4 is 10.0 Å². The summed E-state index contributed by atoms with van der Waals surface area (Å²) in [6, 6.07) is 16.0. The van der Waals surface area contributed by atoms with Gasteiger partial charge in [-0.25, -0.2) is 17.8 Å². The van der Waals surface area contributed by atoms with E-state index in [-0.39, 0.29) is 16.5 Å². The van der Waals surface area contributed by atoms with Crippen LogP contribution in [-0.2, 0) is 10.0 Å². The number of carbonyl (C=O) groups is 1. The quantitative estimate of drug-likeness (QED) is 0.466. The number of aromatic nitrogens is 1. The molecule has 2 N–H and O–H groups in total. The molecule has 0 radical (unpaired) electrons. The first-order valence-electron chi connectivity index (χ1n) is 8.87. The molecule has 0 spiro atoms. The van der Waals surface area contributed by atoms with Crippen LogP contribution in [0.4, 0.5) is 15.8 Å². The number of amides is 1. The van der Waals surface area contributed by atoms with Gasteiger partial charge in [0.15, 0.2) is 0 Å². The number of halogens is 1. The van der Waals surface area contributed by atoms with E-state index in [4.69, 9.17) is 0 Å². The molecule has 0 aliphatic heterocycles. The monoisotopic (exact) mass is 441 g/mol. The molecule has 6 nitrogen and oxygen atoms in total. The van der Waals surface area contributed by atoms with Gasteiger partial charge in [0.05, 0.1) is 20.1 Å². The Morgan fingerprint density at radius 2 is 1.63 bits per heavy atom. The smallest absolute Gasteiger partial charge is 0.261 e. The summed E-state index contributed by atoms with van der Waals surface area (Å²) in [6.45, 7) is 1.93. The van der Waals surface area contributed by atoms with E-state index in [0.29, 0.717) is 11.3 Å². The summed E-state index contributed by atoms with van der Waals surface area (Å²) in [5.74, 6) is -0.845. The van der Waals surface area contributed by atoms with Crippen LogP contribution in [0.3, 0.4) is 0 Å². The lowest BCUT2D eigenvalue weighted by Crippen LogP contribution is -2.14. The Hall–Kier alpha value is -3.30. The molecule has 0 bridgehead atoms. The number of sulfonamides is 1. The van der Waals surface area contributed by atoms with Gasteiger partial charge < -0.3 is 5.32 Å². The first-order valence-corrected chi connectivity index (χ1v) is 11.2. The summed E-state index contributed by atoms with van der Waals surface area (Å²) >= 11 is 1.58. The maximum atomic E-state index is 13.0. The van der Waals surface area contributed by atoms with E-state index in [1.165, 1.54) is 36.4 Å². The van der Waals surface area contributed by atoms with Crippen molar-refractivity contribution in [2.75, 3.05) is 10.0 Å². The number of anilines is 2. The fourth-order valence-corrected chi connectivity index (χ4v) is 4.71. The number of fused-ring (bicyclic) bond motifs is 1. The van der Waals surface area contributed by atoms with Gasteiger partial charge in [0.1, 0.15) is 5.82 Å². The van der Waals surface area contributed by atoms with Crippen LogP contribution >= 0.6 is 11.3 Å². The molecule has 0 saturated heterocycles. The van der Waals surface area contributed by atoms with Gasteiger partial charge in [-0.2, -0.15) is 0 Å². The Morgan fingerprint density at radius 3 is 2.33 bits per heavy atom. The maximum Gasteiger partial charge on any atom is 0.261 e. The fourth-order valence-electron chi connectivity index (χ4n) is 2.84. The molecule has 1 amide bonds. The normalized spacial score (nSPS) is 11.4. The van der Waals surface area contributed by atoms with Crippen molar-refractivity contribution in [1.82, 2.24) is 4.98 Å². The van der Waals surface area contributed by atoms with E-state index < -0.39 is 15.8 Å². The van der Waals surface area contributed by atoms with Crippen LogP contribution in [0, 0.1) is 12.7 Å². The third-order valence-electron chi connectivity index (χ3n) is 4.28. The zero-order valence-electron chi connectivity index (χ0n) is 15.7. The van der Waals surface area contributed by atoms with Gasteiger partial charge in [-0.3, -0.25) is 9.52 Å². The van der Waals surface area contributed by atoms with E-state index in [1.54, 1.807) is 11.3 Å². The Balaban J connectivity index is 1.46. The highest BCUT2D eigenvalue weighted by molar-refractivity contribution is 7.92. The largest absolute Gasteiger partial charge is 0.322 e. The van der Waals surface area contributed by atoms with E-state index in [1.807, 2.05) is 25.1 Å². The number of hydrogen-bond acceptors (Lipinski definition) is 5. The third kappa shape index (κ3) is 4.32. The molecule has 1 aromatic heterocycles. The van der Waals surface area contributed by atoms with Crippen molar-refractivity contribution < 1.29 is 17.6 Å². The summed E-state index contributed by atoms with van der Waals surface area (Å²) in [5.41, 5.74) is 2.10. The lowest BCUT2D eigenvalue weighted by molar-refractivity contribution is 0.102. The average molecular weight is 442 g/mol. The second kappa shape index (κ2) is 7.85. The van der Waals surface area contributed by atoms with Crippen LogP contribution in [0.5, 0.6) is 0 Å². The van der Waals surface area contributed by atoms with Crippen LogP contribution in [0.25, 0.3) is 10.2 Å². The number of hydrogen-bond donors (Lipinski definition) is 2. The molecular weight excluding hydrogens is 425 g/mol. The van der Waals surface area contributed by atoms with Gasteiger partial charge in [-0.15, -0.1) is 11.3 Å². The number of carbonyl (C=O) groups excluding carboxylic acids is 1. The lowest BCUT2D eigenvalue weighted by atomic mass is 10.2. The van der Waals surface area contributed by atoms with Crippen molar-refractivity contribution in [3.05, 3.63) is 83.1 Å². The second-order valence-electron chi connectivity index (χ2n) is 6.51. The molecule has 9 heteroatoms. The van der Waals surface area contributed by atoms with Crippen LogP contribution in [0.1, 0.15) is 15.4 Å². The number of benzene rings is 3. The van der Waals surface area contributed by atoms with Gasteiger partial charge in [0.2, 0.25) is 0 Å². The number of nitrogens with zero attached hydrogens (tertiary/aromatic N) is 1. The molecular formula is C21H16FN3O3S2. The first-order chi connectivity index (χ1) is 14.3. The van der Waals surface area contributed by atoms with Crippen molar-refractivity contribution >= 4 is 48.9 Å². The van der Waals surface area contributed by atoms with Gasteiger partial charge in [-0.1, -0.05) is 0 Å². The minimum absolute atomic E-state index is 0.0570. The highest BCUT2D eigenvalue weighted by atomic mass is 32.2. The molecule has 0 atom stereocenters. The Morgan fingerprint density at radius 1 is 0.967 bits per heavy atom. The molecule has 0 saturated carbocycles. The van der Waals surface area contributed by atoms with Crippen LogP contribution in [0.2, 0.25) is 0 Å². The summed E-state index contributed by atoms with van der Waals surface area (Å²) < 4.78 is 41.2. The summed E-state index contributed by atoms with van der Waals surface area (Å²) in [5, 5.41) is 3.76. The zero-order chi connectivity index (χ0) is 21.3. The molecule has 0 aliphatic rings. The molecule has 1 heterocycles. The van der Waals surface area contributed by atoms with Gasteiger partial charge in [0, 0.05) is 16.9 Å². The highest BCUT2D eigenvalue weighted by Crippen LogP contribution is 2.25. The summed E-state index contributed by atoms with van der Waals surface area (Å²) in [6.07, 6.45) is 0. The van der Waals surface area contributed by atoms with E-state index >= 15 is 0 Å². The predicted molar refractivity (Wildman–Crippen MR) is 116 cm³/mol. The standard InChI is InChI=1S/C21H16FN3O3S2/c1-13-23-19-12-17(8-11-20(19)29-13)24-21(26)14-2-6-16(7-3-14)25-30(27,28)18-9-4-15(22)5-10-18/h2-12,25H,1H3,(H,24,26). The fraction of sp³-hybridized carbons (Fsp3) is 0.0476. The first kappa shape index (κ1) is 20.0. The third-order valence-corrected chi connectivity index (χ3v) is 6.62. The minimum Gasteiger partial charge on any atom is -0.322 e. The molecule has 4 rings (SSSR count). The van der Waals surface area contributed by atoms with Crippen LogP contribution in [0.15, 0.2) is 71.6 Å². The Kier molecular flexibility index (Phi) is 5.23. The van der Waals surface area contributed by atoms with E-state index in [9.17, 15) is 17.6 Å². The number of aryl methyl sites for hydroxylation is 1. The second-order valence-corrected chi connectivity index (χ2v) is 9.42. The van der Waals surface area contributed by atoms with Crippen molar-refractivity contribution in [3.63, 3.8) is 0 Å². The van der Waals surface area contributed by atoms with Gasteiger partial charge in [0.25, 0.3) is 15.9 Å². The summed E-state index contributed by atoms with van der Waals surface area (Å²) in [4.78, 5) is 16.9. The van der Waals surface area contributed by atoms with Crippen molar-refractivity contribution in [3.8, 4) is 0 Å². The number of thiazole rings is 1. The Bertz CT molecular complexity index is 1330. The predicted octanol–water partition coefficient (Wildman–Crippen LogP) is 4.80. The number of nitrogens with one attached hydrogen (secondary N) is 2. The minimum atomic E-state index is -3.85. The van der Waals surface area contributed by atoms with Crippen molar-refractivity contribution in [2.45, 2.75) is 11.8 Å². The van der Waals surface area contributed by atoms with Crippen molar-refractivity contribution in [1.29, 1.82) is 0 Å². The zero-order valence-corrected chi connectivity index (χ0v) is 17.4. The van der Waals surface area contributed by atoms with Crippen LogP contribution in [-0.4, -0.2) is 19.3 Å². The van der Waals surface area contributed by atoms with Gasteiger partial charge in [-0.05, 0) is 73.7 Å². The maximum absolute atomic E-state index is 13.0. The topological polar surface area (TPSA) is 88.2 Å². The molecule has 0 unspecified atom stereocenters. The lowest BCUT2D eigenvalue weighted by Gasteiger charge is -2.09. The molecule has 0 fully saturated rings. The Labute approximate surface area is 176 Å². The molecule has 30 heavy (non-hydrogen) atoms. The van der Waals surface area contributed by atoms with E-state index in [0.717, 1.165) is 27.4 Å². The SMILES string of the molecule is Cc1nc2cc(NC(=O)c3ccc(NS(=O)(=O)c4ccc(F)cc4)cc3)ccc2s1. The average Bonchev–Trinajstić information content (AvgIpc) is 3.08. The highest BCUT2D eigenvalue weighted by Gasteiger charge is 2.15. The summed E-state index contributed by atoms with van der Waals surface area (Å²) in [7, 11) is -3.85. The van der Waals surface area contributed by atoms with Crippen molar-refractivity contribution in [2.24, 2.45) is 0 Å². The molecule has 4 aromatic rings. The van der Waals surface area contributed by atoms with Gasteiger partial charge >= 0.3 is 0 Å². The number of rotatable bonds is 5.